The molecule has 3 heterocycles. The Bertz CT molecular complexity index is 1040. The number of para-hydroxylation sites is 1. The van der Waals surface area contributed by atoms with Gasteiger partial charge in [0.2, 0.25) is 11.9 Å². The third-order valence-electron chi connectivity index (χ3n) is 5.02. The van der Waals surface area contributed by atoms with Crippen molar-refractivity contribution in [2.45, 2.75) is 32.2 Å². The van der Waals surface area contributed by atoms with Gasteiger partial charge in [-0.1, -0.05) is 18.2 Å². The number of fused-ring (bicyclic) bond motifs is 1. The van der Waals surface area contributed by atoms with Gasteiger partial charge < -0.3 is 5.32 Å². The molecule has 1 aliphatic heterocycles. The lowest BCUT2D eigenvalue weighted by molar-refractivity contribution is -0.122. The zero-order valence-electron chi connectivity index (χ0n) is 15.8. The third kappa shape index (κ3) is 2.89. The van der Waals surface area contributed by atoms with Gasteiger partial charge in [0.1, 0.15) is 11.6 Å². The fourth-order valence-electron chi connectivity index (χ4n) is 3.41. The van der Waals surface area contributed by atoms with Gasteiger partial charge in [-0.2, -0.15) is 4.98 Å². The van der Waals surface area contributed by atoms with Crippen LogP contribution in [0.2, 0.25) is 0 Å². The molecule has 3 aromatic rings. The fraction of sp³-hybridized carbons (Fsp3) is 0.238. The number of benzene rings is 1. The molecule has 1 aromatic carbocycles. The van der Waals surface area contributed by atoms with Crippen LogP contribution in [0.5, 0.6) is 0 Å². The highest BCUT2D eigenvalue weighted by Gasteiger charge is 2.48. The Balaban J connectivity index is 1.77. The molecule has 0 spiro atoms. The second-order valence-electron chi connectivity index (χ2n) is 7.27. The maximum atomic E-state index is 14.3. The minimum atomic E-state index is -0.805. The first-order valence-electron chi connectivity index (χ1n) is 9.03. The Hall–Kier alpha value is -3.35. The molecule has 28 heavy (non-hydrogen) atoms. The Morgan fingerprint density at radius 2 is 1.86 bits per heavy atom. The molecular weight excluding hydrogens is 357 g/mol. The van der Waals surface area contributed by atoms with Crippen LogP contribution >= 0.6 is 0 Å². The van der Waals surface area contributed by atoms with Crippen molar-refractivity contribution in [3.8, 4) is 0 Å². The highest BCUT2D eigenvalue weighted by atomic mass is 19.1. The first kappa shape index (κ1) is 18.0. The van der Waals surface area contributed by atoms with E-state index in [0.717, 1.165) is 5.69 Å². The van der Waals surface area contributed by atoms with Crippen LogP contribution in [-0.4, -0.2) is 20.9 Å². The van der Waals surface area contributed by atoms with Gasteiger partial charge in [-0.15, -0.1) is 0 Å². The van der Waals surface area contributed by atoms with Gasteiger partial charge in [0.05, 0.1) is 17.2 Å². The Morgan fingerprint density at radius 1 is 1.11 bits per heavy atom. The van der Waals surface area contributed by atoms with Gasteiger partial charge in [0.25, 0.3) is 0 Å². The number of nitrogens with zero attached hydrogens (tertiary/aromatic N) is 4. The van der Waals surface area contributed by atoms with Crippen LogP contribution in [0, 0.1) is 5.82 Å². The summed E-state index contributed by atoms with van der Waals surface area (Å²) < 4.78 is 14.3. The van der Waals surface area contributed by atoms with E-state index < -0.39 is 17.3 Å². The molecule has 6 nitrogen and oxygen atoms in total. The normalized spacial score (nSPS) is 16.0. The van der Waals surface area contributed by atoms with Crippen molar-refractivity contribution in [1.29, 1.82) is 0 Å². The molecular formula is C21H20FN5O. The van der Waals surface area contributed by atoms with Crippen LogP contribution in [0.25, 0.3) is 0 Å². The van der Waals surface area contributed by atoms with Crippen LogP contribution in [-0.2, 0) is 10.2 Å². The molecule has 0 unspecified atom stereocenters. The first-order chi connectivity index (χ1) is 13.4. The van der Waals surface area contributed by atoms with Crippen molar-refractivity contribution in [2.75, 3.05) is 10.2 Å². The van der Waals surface area contributed by atoms with Crippen LogP contribution in [0.1, 0.15) is 38.1 Å². The molecule has 0 saturated heterocycles. The van der Waals surface area contributed by atoms with E-state index in [1.165, 1.54) is 23.2 Å². The van der Waals surface area contributed by atoms with Gasteiger partial charge >= 0.3 is 0 Å². The second kappa shape index (κ2) is 6.67. The molecule has 0 saturated carbocycles. The minimum absolute atomic E-state index is 0.161. The quantitative estimate of drug-likeness (QED) is 0.740. The van der Waals surface area contributed by atoms with Crippen molar-refractivity contribution < 1.29 is 9.18 Å². The molecule has 2 aromatic heterocycles. The van der Waals surface area contributed by atoms with Crippen molar-refractivity contribution in [2.24, 2.45) is 0 Å². The van der Waals surface area contributed by atoms with E-state index in [4.69, 9.17) is 0 Å². The zero-order chi connectivity index (χ0) is 19.9. The molecule has 0 radical (unpaired) electrons. The molecule has 142 valence electrons. The largest absolute Gasteiger partial charge is 0.324 e. The van der Waals surface area contributed by atoms with Crippen molar-refractivity contribution >= 4 is 23.4 Å². The number of rotatable bonds is 4. The number of carbonyl (C=O) groups excluding carboxylic acids is 1. The van der Waals surface area contributed by atoms with E-state index >= 15 is 0 Å². The van der Waals surface area contributed by atoms with Crippen molar-refractivity contribution in [3.63, 3.8) is 0 Å². The van der Waals surface area contributed by atoms with Crippen molar-refractivity contribution in [3.05, 3.63) is 71.9 Å². The zero-order valence-corrected chi connectivity index (χ0v) is 15.8. The lowest BCUT2D eigenvalue weighted by Crippen LogP contribution is -2.38. The fourth-order valence-corrected chi connectivity index (χ4v) is 3.41. The Morgan fingerprint density at radius 3 is 2.57 bits per heavy atom. The first-order valence-corrected chi connectivity index (χ1v) is 9.03. The van der Waals surface area contributed by atoms with Gasteiger partial charge in [0, 0.05) is 23.6 Å². The summed E-state index contributed by atoms with van der Waals surface area (Å²) in [4.78, 5) is 27.8. The summed E-state index contributed by atoms with van der Waals surface area (Å²) >= 11 is 0. The Kier molecular flexibility index (Phi) is 4.30. The predicted octanol–water partition coefficient (Wildman–Crippen LogP) is 4.14. The number of aromatic nitrogens is 3. The molecule has 1 N–H and O–H groups in total. The summed E-state index contributed by atoms with van der Waals surface area (Å²) in [6, 6.07) is 11.8. The standard InChI is InChI=1S/C21H20FN5O/c1-13(17-16(22)10-7-11-23-17)27-18-15(21(2,3)19(27)28)12-24-20(26-18)25-14-8-5-4-6-9-14/h4-13H,1-3H3,(H,24,25,26)/t13-/m1/s1. The van der Waals surface area contributed by atoms with Crippen LogP contribution in [0.3, 0.4) is 0 Å². The number of pyridine rings is 1. The molecule has 0 fully saturated rings. The SMILES string of the molecule is C[C@H](c1ncccc1F)N1C(=O)C(C)(C)c2cnc(Nc3ccccc3)nc21. The van der Waals surface area contributed by atoms with Gasteiger partial charge in [-0.05, 0) is 45.0 Å². The average Bonchev–Trinajstić information content (AvgIpc) is 2.88. The molecule has 1 amide bonds. The molecule has 1 atom stereocenters. The van der Waals surface area contributed by atoms with E-state index in [-0.39, 0.29) is 11.6 Å². The summed E-state index contributed by atoms with van der Waals surface area (Å²) in [5.74, 6) is 0.229. The van der Waals surface area contributed by atoms with Gasteiger partial charge in [-0.3, -0.25) is 14.7 Å². The second-order valence-corrected chi connectivity index (χ2v) is 7.27. The third-order valence-corrected chi connectivity index (χ3v) is 5.02. The number of halogens is 1. The molecule has 7 heteroatoms. The predicted molar refractivity (Wildman–Crippen MR) is 105 cm³/mol. The topological polar surface area (TPSA) is 71.0 Å². The highest BCUT2D eigenvalue weighted by Crippen LogP contribution is 2.44. The molecule has 4 rings (SSSR count). The summed E-state index contributed by atoms with van der Waals surface area (Å²) in [6.07, 6.45) is 3.18. The van der Waals surface area contributed by atoms with Crippen LogP contribution in [0.4, 0.5) is 21.8 Å². The number of amides is 1. The van der Waals surface area contributed by atoms with E-state index in [1.54, 1.807) is 13.1 Å². The van der Waals surface area contributed by atoms with Gasteiger partial charge in [0.15, 0.2) is 0 Å². The number of carbonyl (C=O) groups is 1. The van der Waals surface area contributed by atoms with E-state index in [0.29, 0.717) is 17.3 Å². The maximum absolute atomic E-state index is 14.3. The lowest BCUT2D eigenvalue weighted by atomic mass is 9.88. The summed E-state index contributed by atoms with van der Waals surface area (Å²) in [6.45, 7) is 5.40. The summed E-state index contributed by atoms with van der Waals surface area (Å²) in [5, 5.41) is 3.14. The number of anilines is 3. The smallest absolute Gasteiger partial charge is 0.239 e. The van der Waals surface area contributed by atoms with Gasteiger partial charge in [-0.25, -0.2) is 9.37 Å². The van der Waals surface area contributed by atoms with E-state index in [1.807, 2.05) is 44.2 Å². The van der Waals surface area contributed by atoms with Crippen molar-refractivity contribution in [1.82, 2.24) is 15.0 Å². The van der Waals surface area contributed by atoms with Crippen LogP contribution < -0.4 is 10.2 Å². The average molecular weight is 377 g/mol. The summed E-state index contributed by atoms with van der Waals surface area (Å²) in [5.41, 5.74) is 0.941. The van der Waals surface area contributed by atoms with Crippen LogP contribution in [0.15, 0.2) is 54.9 Å². The monoisotopic (exact) mass is 377 g/mol. The molecule has 1 aliphatic rings. The summed E-state index contributed by atoms with van der Waals surface area (Å²) in [7, 11) is 0. The Labute approximate surface area is 162 Å². The number of hydrogen-bond acceptors (Lipinski definition) is 5. The number of hydrogen-bond donors (Lipinski definition) is 1. The molecule has 0 aliphatic carbocycles. The minimum Gasteiger partial charge on any atom is -0.324 e. The highest BCUT2D eigenvalue weighted by molar-refractivity contribution is 6.07. The maximum Gasteiger partial charge on any atom is 0.239 e. The van der Waals surface area contributed by atoms with E-state index in [2.05, 4.69) is 20.3 Å². The number of nitrogens with one attached hydrogen (secondary N) is 1. The van der Waals surface area contributed by atoms with E-state index in [9.17, 15) is 9.18 Å². The molecule has 0 bridgehead atoms. The lowest BCUT2D eigenvalue weighted by Gasteiger charge is -2.26.